The molecular weight excluding hydrogens is 1150 g/mol. The number of aliphatic hydroxyl groups is 1. The van der Waals surface area contributed by atoms with Crippen molar-refractivity contribution in [2.24, 2.45) is 11.7 Å². The van der Waals surface area contributed by atoms with Gasteiger partial charge in [-0.3, -0.25) is 28.7 Å². The molecule has 0 fully saturated rings. The van der Waals surface area contributed by atoms with E-state index in [1.165, 1.54) is 59.5 Å². The minimum Gasteiger partial charge on any atom is -0.386 e. The number of carbonyl (C=O) groups is 5. The van der Waals surface area contributed by atoms with Crippen molar-refractivity contribution in [3.05, 3.63) is 111 Å². The van der Waals surface area contributed by atoms with Crippen LogP contribution >= 0.6 is 68.0 Å². The van der Waals surface area contributed by atoms with Gasteiger partial charge in [-0.15, -0.1) is 68.0 Å². The number of aliphatic hydroxyl groups excluding tert-OH is 1. The van der Waals surface area contributed by atoms with Crippen LogP contribution in [0.4, 0.5) is 5.82 Å². The molecule has 79 heavy (non-hydrogen) atoms. The second kappa shape index (κ2) is 24.8. The van der Waals surface area contributed by atoms with Crippen LogP contribution in [-0.2, 0) is 31.0 Å². The van der Waals surface area contributed by atoms with E-state index in [9.17, 15) is 37.5 Å². The predicted octanol–water partition coefficient (Wildman–Crippen LogP) is 6.90. The molecule has 1 aliphatic rings. The van der Waals surface area contributed by atoms with Gasteiger partial charge in [-0.1, -0.05) is 44.2 Å². The van der Waals surface area contributed by atoms with Crippen molar-refractivity contribution in [3.8, 4) is 43.4 Å². The standard InChI is InChI=1S/C50H51N13O9S7/c1-23(2)27-15-33(64)38-24(3)77-49(61-38)29(16-36(65)52-4)55-43(68)31-20-73-45(57-31)26-11-12-28(47-59-35(22-76-47)63-79(70,71)14-13-51)54-39(26)30-19-74-48(56-30)32-21-75-50(58-32)41(42(67)25-9-7-6-8-10-25)60-37(66)17-53-44(69)40-34(18-72-5)78-46(27)62-40/h6-12,19-23,27,29,41-42,63,67H,13-18,51H2,1-5H3,(H,52,65)(H,53,69)(H,55,68)(H,60,66)/t27-,29+,41+,42+/m1/s1. The van der Waals surface area contributed by atoms with E-state index in [4.69, 9.17) is 40.4 Å². The lowest BCUT2D eigenvalue weighted by Gasteiger charge is -2.23. The minimum atomic E-state index is -3.76. The van der Waals surface area contributed by atoms with Gasteiger partial charge >= 0.3 is 0 Å². The van der Waals surface area contributed by atoms with E-state index in [0.717, 1.165) is 22.7 Å². The molecule has 22 nitrogen and oxygen atoms in total. The number of methoxy groups -OCH3 is 1. The molecule has 0 saturated carbocycles. The molecule has 0 spiro atoms. The first-order valence-corrected chi connectivity index (χ1v) is 31.1. The Hall–Kier alpha value is -6.67. The molecular formula is C50H51N13O9S7. The van der Waals surface area contributed by atoms with Crippen molar-refractivity contribution < 1.29 is 42.2 Å². The summed E-state index contributed by atoms with van der Waals surface area (Å²) in [5, 5.41) is 32.0. The summed E-state index contributed by atoms with van der Waals surface area (Å²) in [4.78, 5) is 104. The van der Waals surface area contributed by atoms with E-state index in [0.29, 0.717) is 73.7 Å². The molecule has 0 unspecified atom stereocenters. The van der Waals surface area contributed by atoms with Gasteiger partial charge in [0.2, 0.25) is 21.8 Å². The highest BCUT2D eigenvalue weighted by molar-refractivity contribution is 7.92. The smallest absolute Gasteiger partial charge is 0.271 e. The Balaban J connectivity index is 1.13. The number of ether oxygens (including phenoxy) is 1. The van der Waals surface area contributed by atoms with Gasteiger partial charge in [-0.25, -0.2) is 43.3 Å². The number of anilines is 1. The number of rotatable bonds is 12. The van der Waals surface area contributed by atoms with Crippen LogP contribution in [0.5, 0.6) is 0 Å². The van der Waals surface area contributed by atoms with Gasteiger partial charge in [0.15, 0.2) is 11.6 Å². The highest BCUT2D eigenvalue weighted by atomic mass is 32.2. The number of hydrogen-bond acceptors (Lipinski definition) is 23. The summed E-state index contributed by atoms with van der Waals surface area (Å²) in [6, 6.07) is 10.2. The summed E-state index contributed by atoms with van der Waals surface area (Å²) in [6.45, 7) is 5.07. The van der Waals surface area contributed by atoms with Gasteiger partial charge in [0.05, 0.1) is 46.9 Å². The number of fused-ring (bicyclic) bond motifs is 14. The third-order valence-corrected chi connectivity index (χ3v) is 19.3. The van der Waals surface area contributed by atoms with Crippen molar-refractivity contribution in [2.75, 3.05) is 37.7 Å². The van der Waals surface area contributed by atoms with Gasteiger partial charge in [0.1, 0.15) is 71.3 Å². The zero-order valence-corrected chi connectivity index (χ0v) is 48.5. The third kappa shape index (κ3) is 13.2. The van der Waals surface area contributed by atoms with Crippen molar-refractivity contribution in [2.45, 2.75) is 64.3 Å². The van der Waals surface area contributed by atoms with Crippen LogP contribution in [0.3, 0.4) is 0 Å². The maximum absolute atomic E-state index is 14.3. The lowest BCUT2D eigenvalue weighted by atomic mass is 9.90. The number of nitrogens with two attached hydrogens (primary N) is 1. The Morgan fingerprint density at radius 3 is 2.24 bits per heavy atom. The highest BCUT2D eigenvalue weighted by Gasteiger charge is 2.33. The number of aromatic nitrogens is 7. The summed E-state index contributed by atoms with van der Waals surface area (Å²) < 4.78 is 33.0. The number of ketones is 1. The summed E-state index contributed by atoms with van der Waals surface area (Å²) in [5.74, 6) is -3.41. The number of amides is 4. The van der Waals surface area contributed by atoms with Crippen LogP contribution in [0.25, 0.3) is 43.4 Å². The lowest BCUT2D eigenvalue weighted by molar-refractivity contribution is -0.122. The predicted molar refractivity (Wildman–Crippen MR) is 305 cm³/mol. The number of nitrogens with zero attached hydrogens (tertiary/aromatic N) is 7. The summed E-state index contributed by atoms with van der Waals surface area (Å²) in [7, 11) is -0.801. The average Bonchev–Trinajstić information content (AvgIpc) is 4.41. The van der Waals surface area contributed by atoms with Gasteiger partial charge in [0, 0.05) is 65.0 Å². The minimum absolute atomic E-state index is 0.0252. The van der Waals surface area contributed by atoms with Gasteiger partial charge in [-0.05, 0) is 30.5 Å². The van der Waals surface area contributed by atoms with Gasteiger partial charge in [-0.2, -0.15) is 0 Å². The lowest BCUT2D eigenvalue weighted by Crippen LogP contribution is -2.40. The topological polar surface area (TPSA) is 325 Å². The summed E-state index contributed by atoms with van der Waals surface area (Å²) >= 11 is 7.16. The number of Topliss-reactive ketones (excluding diaryl/α,β-unsaturated/α-hetero) is 1. The fourth-order valence-electron chi connectivity index (χ4n) is 8.25. The van der Waals surface area contributed by atoms with Gasteiger partial charge in [0.25, 0.3) is 11.8 Å². The molecule has 0 aliphatic carbocycles. The normalized spacial score (nSPS) is 16.9. The van der Waals surface area contributed by atoms with Crippen molar-refractivity contribution in [1.82, 2.24) is 56.2 Å². The fourth-order valence-corrected chi connectivity index (χ4v) is 14.7. The van der Waals surface area contributed by atoms with Crippen LogP contribution in [-0.4, -0.2) is 111 Å². The number of carbonyl (C=O) groups excluding carboxylic acids is 5. The molecule has 8 N–H and O–H groups in total. The molecule has 0 radical (unpaired) electrons. The van der Waals surface area contributed by atoms with Crippen molar-refractivity contribution in [1.29, 1.82) is 0 Å². The number of nitrogens with one attached hydrogen (secondary N) is 5. The largest absolute Gasteiger partial charge is 0.386 e. The first-order chi connectivity index (χ1) is 37.9. The number of aryl methyl sites for hydroxylation is 1. The maximum Gasteiger partial charge on any atom is 0.271 e. The zero-order valence-electron chi connectivity index (χ0n) is 42.8. The fraction of sp³-hybridized carbons (Fsp3) is 0.320. The van der Waals surface area contributed by atoms with E-state index in [1.807, 2.05) is 13.8 Å². The number of pyridine rings is 1. The highest BCUT2D eigenvalue weighted by Crippen LogP contribution is 2.41. The molecule has 412 valence electrons. The Morgan fingerprint density at radius 1 is 0.785 bits per heavy atom. The van der Waals surface area contributed by atoms with Crippen LogP contribution < -0.4 is 31.7 Å². The third-order valence-electron chi connectivity index (χ3n) is 12.2. The average molecular weight is 1200 g/mol. The molecule has 4 amide bonds. The second-order valence-electron chi connectivity index (χ2n) is 18.2. The Bertz CT molecular complexity index is 3660. The van der Waals surface area contributed by atoms with Gasteiger partial charge < -0.3 is 36.8 Å². The SMILES string of the molecule is CNC(=O)C[C@@H]1NC(=O)c2csc(n2)-c2ccc(-c3nc(NS(=O)(=O)CCN)cs3)nc2-c2csc(n2)-c2csc(n2)[C@H]([C@@H](O)c2ccccc2)NC(=O)CNC(=O)c2nc(sc2COC)[C@@H](C(C)C)CC(=O)c2nc1sc2C. The molecule has 4 atom stereocenters. The Morgan fingerprint density at radius 2 is 1.49 bits per heavy atom. The summed E-state index contributed by atoms with van der Waals surface area (Å²) in [5.41, 5.74) is 8.24. The molecule has 8 aromatic rings. The van der Waals surface area contributed by atoms with E-state index in [-0.39, 0.29) is 72.3 Å². The molecule has 29 heteroatoms. The maximum atomic E-state index is 14.3. The first kappa shape index (κ1) is 57.0. The second-order valence-corrected chi connectivity index (χ2v) is 25.8. The first-order valence-electron chi connectivity index (χ1n) is 24.3. The number of thiazole rings is 6. The van der Waals surface area contributed by atoms with Crippen molar-refractivity contribution >= 4 is 113 Å². The molecule has 9 rings (SSSR count). The zero-order chi connectivity index (χ0) is 56.1. The monoisotopic (exact) mass is 1200 g/mol. The molecule has 0 saturated heterocycles. The molecule has 8 heterocycles. The van der Waals surface area contributed by atoms with E-state index < -0.39 is 58.4 Å². The molecule has 7 aromatic heterocycles. The van der Waals surface area contributed by atoms with Crippen LogP contribution in [0, 0.1) is 12.8 Å². The number of benzene rings is 1. The van der Waals surface area contributed by atoms with Crippen LogP contribution in [0.2, 0.25) is 0 Å². The quantitative estimate of drug-likeness (QED) is 0.0654. The molecule has 10 bridgehead atoms. The van der Waals surface area contributed by atoms with E-state index in [2.05, 4.69) is 31.0 Å². The van der Waals surface area contributed by atoms with Crippen LogP contribution in [0.15, 0.2) is 64.0 Å². The van der Waals surface area contributed by atoms with E-state index in [1.54, 1.807) is 70.9 Å². The number of hydrogen-bond donors (Lipinski definition) is 7. The van der Waals surface area contributed by atoms with Crippen LogP contribution in [0.1, 0.15) is 113 Å². The molecule has 1 aliphatic heterocycles. The Kier molecular flexibility index (Phi) is 17.9. The Labute approximate surface area is 476 Å². The van der Waals surface area contributed by atoms with Crippen molar-refractivity contribution in [3.63, 3.8) is 0 Å². The number of sulfonamides is 1. The summed E-state index contributed by atoms with van der Waals surface area (Å²) in [6.07, 6.45) is -1.51. The molecule has 1 aromatic carbocycles. The van der Waals surface area contributed by atoms with E-state index >= 15 is 0 Å².